The minimum Gasteiger partial charge on any atom is -0.378 e. The first-order valence-electron chi connectivity index (χ1n) is 9.95. The molecule has 0 radical (unpaired) electrons. The van der Waals surface area contributed by atoms with Crippen molar-refractivity contribution < 1.29 is 9.47 Å². The summed E-state index contributed by atoms with van der Waals surface area (Å²) in [4.78, 5) is 0. The van der Waals surface area contributed by atoms with Crippen molar-refractivity contribution in [2.75, 3.05) is 26.3 Å². The Morgan fingerprint density at radius 1 is 1.00 bits per heavy atom. The molecule has 8 atom stereocenters. The first-order chi connectivity index (χ1) is 11.7. The van der Waals surface area contributed by atoms with Crippen LogP contribution in [0.1, 0.15) is 46.0 Å². The third-order valence-corrected chi connectivity index (χ3v) is 6.49. The Morgan fingerprint density at radius 3 is 2.79 bits per heavy atom. The van der Waals surface area contributed by atoms with Gasteiger partial charge in [0.15, 0.2) is 0 Å². The molecule has 1 aliphatic carbocycles. The highest BCUT2D eigenvalue weighted by molar-refractivity contribution is 5.00. The normalized spacial score (nSPS) is 50.2. The first kappa shape index (κ1) is 17.2. The molecule has 3 N–H and O–H groups in total. The van der Waals surface area contributed by atoms with Crippen LogP contribution < -0.4 is 16.3 Å². The molecule has 0 amide bonds. The van der Waals surface area contributed by atoms with E-state index in [1.165, 1.54) is 19.3 Å². The largest absolute Gasteiger partial charge is 0.378 e. The molecular weight excluding hydrogens is 304 g/mol. The van der Waals surface area contributed by atoms with Gasteiger partial charge in [-0.25, -0.2) is 5.01 Å². The van der Waals surface area contributed by atoms with Crippen LogP contribution in [-0.2, 0) is 9.47 Å². The molecule has 4 fully saturated rings. The van der Waals surface area contributed by atoms with E-state index in [0.29, 0.717) is 42.2 Å². The summed E-state index contributed by atoms with van der Waals surface area (Å²) in [6.07, 6.45) is 6.43. The van der Waals surface area contributed by atoms with Crippen LogP contribution in [-0.4, -0.2) is 61.6 Å². The van der Waals surface area contributed by atoms with Crippen molar-refractivity contribution in [2.24, 2.45) is 11.8 Å². The van der Waals surface area contributed by atoms with Gasteiger partial charge in [0.25, 0.3) is 0 Å². The smallest absolute Gasteiger partial charge is 0.0579 e. The molecule has 4 bridgehead atoms. The lowest BCUT2D eigenvalue weighted by Gasteiger charge is -2.34. The van der Waals surface area contributed by atoms with Crippen LogP contribution >= 0.6 is 0 Å². The van der Waals surface area contributed by atoms with Crippen LogP contribution in [0.25, 0.3) is 0 Å². The van der Waals surface area contributed by atoms with E-state index in [4.69, 9.17) is 9.47 Å². The molecule has 0 spiro atoms. The van der Waals surface area contributed by atoms with Gasteiger partial charge in [0.1, 0.15) is 0 Å². The lowest BCUT2D eigenvalue weighted by Crippen LogP contribution is -2.43. The Balaban J connectivity index is 1.46. The van der Waals surface area contributed by atoms with Crippen molar-refractivity contribution in [1.29, 1.82) is 0 Å². The van der Waals surface area contributed by atoms with E-state index in [0.717, 1.165) is 39.1 Å². The summed E-state index contributed by atoms with van der Waals surface area (Å²) in [6.45, 7) is 8.37. The number of nitrogens with zero attached hydrogens (tertiary/aromatic N) is 1. The number of ether oxygens (including phenoxy) is 2. The van der Waals surface area contributed by atoms with Crippen molar-refractivity contribution in [3.8, 4) is 0 Å². The topological polar surface area (TPSA) is 57.8 Å². The van der Waals surface area contributed by atoms with Crippen LogP contribution in [0.3, 0.4) is 0 Å². The fourth-order valence-electron chi connectivity index (χ4n) is 5.13. The molecule has 138 valence electrons. The number of hydrazine groups is 2. The van der Waals surface area contributed by atoms with Crippen molar-refractivity contribution >= 4 is 0 Å². The second kappa shape index (κ2) is 7.56. The van der Waals surface area contributed by atoms with Crippen LogP contribution in [0, 0.1) is 11.8 Å². The maximum Gasteiger partial charge on any atom is 0.0579 e. The molecule has 3 aliphatic heterocycles. The molecule has 0 aromatic carbocycles. The monoisotopic (exact) mass is 338 g/mol. The molecule has 3 heterocycles. The van der Waals surface area contributed by atoms with Crippen LogP contribution in [0.5, 0.6) is 0 Å². The van der Waals surface area contributed by atoms with Crippen LogP contribution in [0.4, 0.5) is 0 Å². The summed E-state index contributed by atoms with van der Waals surface area (Å²) < 4.78 is 12.2. The zero-order valence-electron chi connectivity index (χ0n) is 15.2. The summed E-state index contributed by atoms with van der Waals surface area (Å²) in [5, 5.41) is 2.44. The molecule has 6 nitrogen and oxygen atoms in total. The fourth-order valence-corrected chi connectivity index (χ4v) is 5.13. The fraction of sp³-hybridized carbons (Fsp3) is 1.00. The minimum absolute atomic E-state index is 0.306. The van der Waals surface area contributed by atoms with Gasteiger partial charge in [-0.1, -0.05) is 0 Å². The summed E-state index contributed by atoms with van der Waals surface area (Å²) in [5.41, 5.74) is 10.9. The Morgan fingerprint density at radius 2 is 1.88 bits per heavy atom. The van der Waals surface area contributed by atoms with Gasteiger partial charge in [0.05, 0.1) is 12.2 Å². The van der Waals surface area contributed by atoms with E-state index < -0.39 is 0 Å². The molecule has 3 saturated heterocycles. The molecular formula is C18H34N4O2. The van der Waals surface area contributed by atoms with E-state index in [1.807, 2.05) is 0 Å². The lowest BCUT2D eigenvalue weighted by atomic mass is 9.76. The lowest BCUT2D eigenvalue weighted by molar-refractivity contribution is -0.0141. The number of hydrogen-bond donors (Lipinski definition) is 3. The molecule has 4 aliphatic rings. The van der Waals surface area contributed by atoms with Gasteiger partial charge >= 0.3 is 0 Å². The van der Waals surface area contributed by atoms with Crippen molar-refractivity contribution in [2.45, 2.75) is 76.3 Å². The van der Waals surface area contributed by atoms with E-state index in [2.05, 4.69) is 35.1 Å². The Bertz CT molecular complexity index is 424. The molecule has 4 rings (SSSR count). The number of hydrogen-bond acceptors (Lipinski definition) is 6. The second-order valence-electron chi connectivity index (χ2n) is 8.29. The average Bonchev–Trinajstić information content (AvgIpc) is 3.19. The Hall–Kier alpha value is -0.240. The molecule has 6 unspecified atom stereocenters. The molecule has 1 saturated carbocycles. The van der Waals surface area contributed by atoms with Gasteiger partial charge in [-0.3, -0.25) is 16.3 Å². The molecule has 24 heavy (non-hydrogen) atoms. The first-order valence-corrected chi connectivity index (χ1v) is 9.95. The number of fused-ring (bicyclic) bond motifs is 4. The standard InChI is InChI=1S/C18H34N4O2/c1-12-8-13(2)23-6-3-7-24-15-4-5-17-16(9-15)18(21-20-17)14-10-19-22(12)11-14/h12-21H,3-11H2,1-2H3/t12-,13-,14?,15?,16?,17?,18?/m1/s1. The quantitative estimate of drug-likeness (QED) is 0.614. The van der Waals surface area contributed by atoms with Gasteiger partial charge < -0.3 is 9.47 Å². The van der Waals surface area contributed by atoms with Gasteiger partial charge in [-0.2, -0.15) is 0 Å². The summed E-state index contributed by atoms with van der Waals surface area (Å²) in [7, 11) is 0. The third-order valence-electron chi connectivity index (χ3n) is 6.49. The van der Waals surface area contributed by atoms with E-state index in [1.54, 1.807) is 0 Å². The minimum atomic E-state index is 0.306. The van der Waals surface area contributed by atoms with E-state index >= 15 is 0 Å². The Kier molecular flexibility index (Phi) is 5.41. The van der Waals surface area contributed by atoms with Crippen molar-refractivity contribution in [1.82, 2.24) is 21.3 Å². The van der Waals surface area contributed by atoms with Crippen LogP contribution in [0.15, 0.2) is 0 Å². The van der Waals surface area contributed by atoms with E-state index in [9.17, 15) is 0 Å². The highest BCUT2D eigenvalue weighted by Gasteiger charge is 2.45. The zero-order valence-corrected chi connectivity index (χ0v) is 15.2. The highest BCUT2D eigenvalue weighted by Crippen LogP contribution is 2.36. The maximum absolute atomic E-state index is 6.19. The van der Waals surface area contributed by atoms with Crippen molar-refractivity contribution in [3.05, 3.63) is 0 Å². The van der Waals surface area contributed by atoms with Gasteiger partial charge in [-0.05, 0) is 51.9 Å². The predicted molar refractivity (Wildman–Crippen MR) is 93.2 cm³/mol. The van der Waals surface area contributed by atoms with Gasteiger partial charge in [0, 0.05) is 50.3 Å². The number of nitrogens with one attached hydrogen (secondary N) is 3. The third kappa shape index (κ3) is 3.64. The number of rotatable bonds is 0. The molecule has 6 heteroatoms. The summed E-state index contributed by atoms with van der Waals surface area (Å²) in [6, 6.07) is 1.70. The summed E-state index contributed by atoms with van der Waals surface area (Å²) in [5.74, 6) is 1.36. The predicted octanol–water partition coefficient (Wildman–Crippen LogP) is 1.04. The van der Waals surface area contributed by atoms with Crippen LogP contribution in [0.2, 0.25) is 0 Å². The highest BCUT2D eigenvalue weighted by atomic mass is 16.5. The van der Waals surface area contributed by atoms with E-state index in [-0.39, 0.29) is 0 Å². The Labute approximate surface area is 145 Å². The van der Waals surface area contributed by atoms with Gasteiger partial charge in [-0.15, -0.1) is 0 Å². The average molecular weight is 338 g/mol. The summed E-state index contributed by atoms with van der Waals surface area (Å²) >= 11 is 0. The SMILES string of the molecule is C[C@@H]1C[C@@H](C)N2CC(CN2)C2NNC3CCC(CC32)OCCCO1. The molecule has 0 aromatic heterocycles. The maximum atomic E-state index is 6.19. The zero-order chi connectivity index (χ0) is 16.5. The van der Waals surface area contributed by atoms with Gasteiger partial charge in [0.2, 0.25) is 0 Å². The van der Waals surface area contributed by atoms with Crippen molar-refractivity contribution in [3.63, 3.8) is 0 Å². The second-order valence-corrected chi connectivity index (χ2v) is 8.29. The molecule has 0 aromatic rings.